The molecule has 2 atom stereocenters. The van der Waals surface area contributed by atoms with Gasteiger partial charge in [0.05, 0.1) is 0 Å². The van der Waals surface area contributed by atoms with Crippen LogP contribution in [0.5, 0.6) is 0 Å². The summed E-state index contributed by atoms with van der Waals surface area (Å²) in [5.41, 5.74) is 3.35. The molecule has 2 rings (SSSR count). The summed E-state index contributed by atoms with van der Waals surface area (Å²) in [6.07, 6.45) is 7.27. The van der Waals surface area contributed by atoms with Crippen molar-refractivity contribution in [1.82, 2.24) is 0 Å². The summed E-state index contributed by atoms with van der Waals surface area (Å²) in [6.45, 7) is 4.64. The van der Waals surface area contributed by atoms with Gasteiger partial charge < -0.3 is 0 Å². The van der Waals surface area contributed by atoms with Crippen molar-refractivity contribution in [2.75, 3.05) is 0 Å². The predicted molar refractivity (Wildman–Crippen MR) is 48.4 cm³/mol. The van der Waals surface area contributed by atoms with Crippen molar-refractivity contribution in [2.24, 2.45) is 11.8 Å². The topological polar surface area (TPSA) is 0 Å². The fraction of sp³-hybridized carbons (Fsp3) is 0.818. The Kier molecular flexibility index (Phi) is 1.78. The summed E-state index contributed by atoms with van der Waals surface area (Å²) in [5, 5.41) is 0. The Labute approximate surface area is 69.7 Å². The second-order valence-electron chi connectivity index (χ2n) is 4.39. The molecule has 0 nitrogen and oxygen atoms in total. The Morgan fingerprint density at radius 3 is 1.82 bits per heavy atom. The second-order valence-corrected chi connectivity index (χ2v) is 4.39. The van der Waals surface area contributed by atoms with E-state index in [2.05, 4.69) is 13.8 Å². The number of allylic oxidation sites excluding steroid dienone is 2. The van der Waals surface area contributed by atoms with Crippen LogP contribution in [-0.2, 0) is 0 Å². The molecule has 0 aromatic rings. The third kappa shape index (κ3) is 1.50. The Balaban J connectivity index is 2.03. The molecule has 0 aromatic heterocycles. The minimum absolute atomic E-state index is 1.12. The van der Waals surface area contributed by atoms with E-state index in [1.54, 1.807) is 17.6 Å². The standard InChI is InChI=1S/C11H18/c1-8-3-5-10-7-11(10)6-4-9(8)2/h10-11H,3-7H2,1-2H3/b9-8-. The highest BCUT2D eigenvalue weighted by molar-refractivity contribution is 5.12. The lowest BCUT2D eigenvalue weighted by Crippen LogP contribution is -1.94. The van der Waals surface area contributed by atoms with Crippen LogP contribution >= 0.6 is 0 Å². The highest BCUT2D eigenvalue weighted by Gasteiger charge is 2.36. The monoisotopic (exact) mass is 150 g/mol. The summed E-state index contributed by atoms with van der Waals surface area (Å²) >= 11 is 0. The maximum atomic E-state index is 2.32. The van der Waals surface area contributed by atoms with Crippen molar-refractivity contribution < 1.29 is 0 Å². The zero-order valence-corrected chi connectivity index (χ0v) is 7.69. The minimum Gasteiger partial charge on any atom is -0.0744 e. The van der Waals surface area contributed by atoms with Crippen LogP contribution in [0.15, 0.2) is 11.1 Å². The molecule has 11 heavy (non-hydrogen) atoms. The molecule has 1 fully saturated rings. The Bertz CT molecular complexity index is 168. The highest BCUT2D eigenvalue weighted by atomic mass is 14.4. The summed E-state index contributed by atoms with van der Waals surface area (Å²) in [4.78, 5) is 0. The van der Waals surface area contributed by atoms with Crippen LogP contribution in [0, 0.1) is 11.8 Å². The van der Waals surface area contributed by atoms with Crippen LogP contribution in [0.3, 0.4) is 0 Å². The molecule has 2 aliphatic carbocycles. The van der Waals surface area contributed by atoms with E-state index in [1.165, 1.54) is 25.7 Å². The van der Waals surface area contributed by atoms with Crippen molar-refractivity contribution in [1.29, 1.82) is 0 Å². The van der Waals surface area contributed by atoms with E-state index in [4.69, 9.17) is 0 Å². The van der Waals surface area contributed by atoms with Gasteiger partial charge in [-0.05, 0) is 57.8 Å². The normalized spacial score (nSPS) is 44.2. The van der Waals surface area contributed by atoms with E-state index in [0.717, 1.165) is 11.8 Å². The van der Waals surface area contributed by atoms with Gasteiger partial charge in [0, 0.05) is 0 Å². The van der Waals surface area contributed by atoms with Crippen LogP contribution in [0.25, 0.3) is 0 Å². The van der Waals surface area contributed by atoms with Gasteiger partial charge >= 0.3 is 0 Å². The van der Waals surface area contributed by atoms with Gasteiger partial charge in [0.15, 0.2) is 0 Å². The molecule has 2 aliphatic rings. The first kappa shape index (κ1) is 7.39. The molecule has 0 saturated heterocycles. The molecule has 0 bridgehead atoms. The van der Waals surface area contributed by atoms with E-state index in [9.17, 15) is 0 Å². The smallest absolute Gasteiger partial charge is 0.0318 e. The molecule has 62 valence electrons. The van der Waals surface area contributed by atoms with Gasteiger partial charge in [-0.15, -0.1) is 0 Å². The Morgan fingerprint density at radius 1 is 0.909 bits per heavy atom. The van der Waals surface area contributed by atoms with E-state index in [-0.39, 0.29) is 0 Å². The fourth-order valence-corrected chi connectivity index (χ4v) is 2.25. The van der Waals surface area contributed by atoms with Crippen molar-refractivity contribution in [3.63, 3.8) is 0 Å². The van der Waals surface area contributed by atoms with Crippen molar-refractivity contribution in [3.8, 4) is 0 Å². The van der Waals surface area contributed by atoms with Crippen LogP contribution in [-0.4, -0.2) is 0 Å². The highest BCUT2D eigenvalue weighted by Crippen LogP contribution is 2.47. The average Bonchev–Trinajstić information content (AvgIpc) is 2.72. The molecule has 0 heterocycles. The van der Waals surface area contributed by atoms with E-state index in [1.807, 2.05) is 0 Å². The summed E-state index contributed by atoms with van der Waals surface area (Å²) in [7, 11) is 0. The van der Waals surface area contributed by atoms with Crippen molar-refractivity contribution in [2.45, 2.75) is 46.0 Å². The number of hydrogen-bond donors (Lipinski definition) is 0. The van der Waals surface area contributed by atoms with Crippen LogP contribution in [0.2, 0.25) is 0 Å². The average molecular weight is 150 g/mol. The molecule has 0 heteroatoms. The van der Waals surface area contributed by atoms with Gasteiger partial charge in [0.1, 0.15) is 0 Å². The molecule has 0 spiro atoms. The summed E-state index contributed by atoms with van der Waals surface area (Å²) in [5.74, 6) is 2.25. The SMILES string of the molecule is C/C1=C(\C)CCC2CC2CC1. The Morgan fingerprint density at radius 2 is 1.36 bits per heavy atom. The summed E-state index contributed by atoms with van der Waals surface area (Å²) in [6, 6.07) is 0. The first-order valence-electron chi connectivity index (χ1n) is 4.92. The van der Waals surface area contributed by atoms with Gasteiger partial charge in [0.25, 0.3) is 0 Å². The molecule has 0 aliphatic heterocycles. The molecule has 0 radical (unpaired) electrons. The zero-order chi connectivity index (χ0) is 7.84. The molecule has 1 saturated carbocycles. The van der Waals surface area contributed by atoms with E-state index in [0.29, 0.717) is 0 Å². The van der Waals surface area contributed by atoms with E-state index < -0.39 is 0 Å². The molecule has 0 aromatic carbocycles. The number of hydrogen-bond acceptors (Lipinski definition) is 0. The third-order valence-corrected chi connectivity index (χ3v) is 3.58. The van der Waals surface area contributed by atoms with Gasteiger partial charge in [0.2, 0.25) is 0 Å². The van der Waals surface area contributed by atoms with Crippen LogP contribution in [0.4, 0.5) is 0 Å². The number of rotatable bonds is 0. The lowest BCUT2D eigenvalue weighted by atomic mass is 9.95. The van der Waals surface area contributed by atoms with Gasteiger partial charge in [-0.2, -0.15) is 0 Å². The first-order chi connectivity index (χ1) is 5.27. The van der Waals surface area contributed by atoms with Crippen molar-refractivity contribution >= 4 is 0 Å². The molecular formula is C11H18. The van der Waals surface area contributed by atoms with Gasteiger partial charge in [-0.25, -0.2) is 0 Å². The third-order valence-electron chi connectivity index (χ3n) is 3.58. The largest absolute Gasteiger partial charge is 0.0744 e. The van der Waals surface area contributed by atoms with Crippen molar-refractivity contribution in [3.05, 3.63) is 11.1 Å². The fourth-order valence-electron chi connectivity index (χ4n) is 2.25. The second kappa shape index (κ2) is 2.66. The van der Waals surface area contributed by atoms with Crippen LogP contribution in [0.1, 0.15) is 46.0 Å². The predicted octanol–water partition coefficient (Wildman–Crippen LogP) is 3.53. The Hall–Kier alpha value is -0.260. The minimum atomic E-state index is 1.12. The quantitative estimate of drug-likeness (QED) is 0.463. The zero-order valence-electron chi connectivity index (χ0n) is 7.69. The maximum Gasteiger partial charge on any atom is -0.0318 e. The van der Waals surface area contributed by atoms with Gasteiger partial charge in [-0.1, -0.05) is 11.1 Å². The maximum absolute atomic E-state index is 2.32. The molecular weight excluding hydrogens is 132 g/mol. The molecule has 0 N–H and O–H groups in total. The molecule has 0 amide bonds. The summed E-state index contributed by atoms with van der Waals surface area (Å²) < 4.78 is 0. The molecule has 2 unspecified atom stereocenters. The lowest BCUT2D eigenvalue weighted by molar-refractivity contribution is 0.582. The van der Waals surface area contributed by atoms with Gasteiger partial charge in [-0.3, -0.25) is 0 Å². The first-order valence-corrected chi connectivity index (χ1v) is 4.92. The lowest BCUT2D eigenvalue weighted by Gasteiger charge is -2.11. The van der Waals surface area contributed by atoms with E-state index >= 15 is 0 Å². The van der Waals surface area contributed by atoms with Crippen LogP contribution < -0.4 is 0 Å². The number of fused-ring (bicyclic) bond motifs is 1.